The van der Waals surface area contributed by atoms with Crippen molar-refractivity contribution in [2.24, 2.45) is 16.9 Å². The van der Waals surface area contributed by atoms with Gasteiger partial charge in [0.2, 0.25) is 0 Å². The molecule has 3 rings (SSSR count). The summed E-state index contributed by atoms with van der Waals surface area (Å²) >= 11 is 5.29. The lowest BCUT2D eigenvalue weighted by Gasteiger charge is -2.23. The minimum Gasteiger partial charge on any atom is -0.504 e. The molecular weight excluding hydrogens is 298 g/mol. The number of methoxy groups -OCH3 is 1. The van der Waals surface area contributed by atoms with Crippen LogP contribution in [0.2, 0.25) is 0 Å². The Hall–Kier alpha value is -1.82. The van der Waals surface area contributed by atoms with Crippen LogP contribution in [-0.4, -0.2) is 29.6 Å². The predicted octanol–water partition coefficient (Wildman–Crippen LogP) is 2.39. The Morgan fingerprint density at radius 2 is 2.27 bits per heavy atom. The Labute approximate surface area is 135 Å². The third kappa shape index (κ3) is 3.32. The third-order valence-corrected chi connectivity index (χ3v) is 4.85. The van der Waals surface area contributed by atoms with E-state index in [-0.39, 0.29) is 5.75 Å². The molecule has 6 heteroatoms. The normalized spacial score (nSPS) is 26.3. The Bertz CT molecular complexity index is 591. The number of nitrogens with one attached hydrogen (secondary N) is 2. The van der Waals surface area contributed by atoms with Gasteiger partial charge in [-0.15, -0.1) is 0 Å². The van der Waals surface area contributed by atoms with E-state index in [9.17, 15) is 5.11 Å². The lowest BCUT2D eigenvalue weighted by Crippen LogP contribution is -2.42. The van der Waals surface area contributed by atoms with Gasteiger partial charge in [-0.05, 0) is 67.1 Å². The molecule has 0 amide bonds. The van der Waals surface area contributed by atoms with E-state index in [1.54, 1.807) is 24.4 Å². The first-order valence-corrected chi connectivity index (χ1v) is 8.03. The van der Waals surface area contributed by atoms with Crippen LogP contribution in [0.1, 0.15) is 31.2 Å². The molecule has 3 atom stereocenters. The topological polar surface area (TPSA) is 65.9 Å². The number of hydrazone groups is 1. The van der Waals surface area contributed by atoms with Crippen molar-refractivity contribution in [3.8, 4) is 11.5 Å². The number of rotatable bonds is 4. The van der Waals surface area contributed by atoms with Gasteiger partial charge in [0, 0.05) is 6.04 Å². The van der Waals surface area contributed by atoms with Crippen LogP contribution in [0, 0.1) is 11.8 Å². The number of phenols is 1. The van der Waals surface area contributed by atoms with Crippen molar-refractivity contribution in [3.05, 3.63) is 23.8 Å². The van der Waals surface area contributed by atoms with E-state index in [0.29, 0.717) is 16.9 Å². The molecule has 2 saturated carbocycles. The zero-order valence-corrected chi connectivity index (χ0v) is 13.4. The van der Waals surface area contributed by atoms with Crippen LogP contribution in [0.4, 0.5) is 0 Å². The summed E-state index contributed by atoms with van der Waals surface area (Å²) in [5.74, 6) is 2.20. The van der Waals surface area contributed by atoms with Gasteiger partial charge in [-0.2, -0.15) is 5.10 Å². The van der Waals surface area contributed by atoms with Crippen LogP contribution < -0.4 is 15.5 Å². The van der Waals surface area contributed by atoms with Crippen LogP contribution >= 0.6 is 12.2 Å². The van der Waals surface area contributed by atoms with Crippen molar-refractivity contribution in [3.63, 3.8) is 0 Å². The molecule has 1 aromatic carbocycles. The Morgan fingerprint density at radius 1 is 1.41 bits per heavy atom. The Kier molecular flexibility index (Phi) is 4.47. The number of hydrogen-bond acceptors (Lipinski definition) is 4. The van der Waals surface area contributed by atoms with Gasteiger partial charge in [-0.3, -0.25) is 5.43 Å². The number of aromatic hydroxyl groups is 1. The molecule has 0 aromatic heterocycles. The van der Waals surface area contributed by atoms with E-state index in [4.69, 9.17) is 17.0 Å². The summed E-state index contributed by atoms with van der Waals surface area (Å²) in [6, 6.07) is 5.55. The highest BCUT2D eigenvalue weighted by Crippen LogP contribution is 2.44. The second kappa shape index (κ2) is 6.52. The molecule has 0 saturated heterocycles. The zero-order valence-electron chi connectivity index (χ0n) is 12.6. The number of nitrogens with zero attached hydrogens (tertiary/aromatic N) is 1. The largest absolute Gasteiger partial charge is 0.504 e. The summed E-state index contributed by atoms with van der Waals surface area (Å²) in [6.45, 7) is 0. The maximum Gasteiger partial charge on any atom is 0.187 e. The number of ether oxygens (including phenoxy) is 1. The van der Waals surface area contributed by atoms with Crippen LogP contribution in [0.25, 0.3) is 0 Å². The van der Waals surface area contributed by atoms with Crippen molar-refractivity contribution in [2.45, 2.75) is 31.7 Å². The molecule has 5 nitrogen and oxygen atoms in total. The molecule has 3 N–H and O–H groups in total. The Balaban J connectivity index is 1.50. The SMILES string of the molecule is COc1cc(/C=N/NC(=S)N[C@H]2C[C@@H]3CC[C@H]2C3)ccc1O. The smallest absolute Gasteiger partial charge is 0.187 e. The van der Waals surface area contributed by atoms with Gasteiger partial charge in [0.15, 0.2) is 16.6 Å². The summed E-state index contributed by atoms with van der Waals surface area (Å²) < 4.78 is 5.06. The molecule has 1 aromatic rings. The number of fused-ring (bicyclic) bond motifs is 2. The molecule has 22 heavy (non-hydrogen) atoms. The molecule has 0 aliphatic heterocycles. The zero-order chi connectivity index (χ0) is 15.5. The summed E-state index contributed by atoms with van der Waals surface area (Å²) in [5.41, 5.74) is 3.68. The van der Waals surface area contributed by atoms with Crippen molar-refractivity contribution < 1.29 is 9.84 Å². The summed E-state index contributed by atoms with van der Waals surface area (Å²) in [5, 5.41) is 17.6. The highest BCUT2D eigenvalue weighted by atomic mass is 32.1. The molecule has 2 aliphatic carbocycles. The molecule has 0 spiro atoms. The highest BCUT2D eigenvalue weighted by molar-refractivity contribution is 7.80. The molecule has 0 radical (unpaired) electrons. The lowest BCUT2D eigenvalue weighted by atomic mass is 9.96. The van der Waals surface area contributed by atoms with E-state index < -0.39 is 0 Å². The average Bonchev–Trinajstić information content (AvgIpc) is 3.11. The van der Waals surface area contributed by atoms with E-state index in [1.807, 2.05) is 0 Å². The maximum absolute atomic E-state index is 9.54. The number of thiocarbonyl (C=S) groups is 1. The number of hydrogen-bond donors (Lipinski definition) is 3. The van der Waals surface area contributed by atoms with Crippen molar-refractivity contribution in [2.75, 3.05) is 7.11 Å². The minimum atomic E-state index is 0.112. The molecule has 118 valence electrons. The first-order valence-electron chi connectivity index (χ1n) is 7.62. The molecule has 2 aliphatic rings. The van der Waals surface area contributed by atoms with Crippen molar-refractivity contribution >= 4 is 23.5 Å². The number of benzene rings is 1. The number of phenolic OH excluding ortho intramolecular Hbond substituents is 1. The Morgan fingerprint density at radius 3 is 2.95 bits per heavy atom. The first kappa shape index (κ1) is 15.1. The van der Waals surface area contributed by atoms with Gasteiger partial charge >= 0.3 is 0 Å². The fraction of sp³-hybridized carbons (Fsp3) is 0.500. The summed E-state index contributed by atoms with van der Waals surface area (Å²) in [4.78, 5) is 0. The monoisotopic (exact) mass is 319 g/mol. The maximum atomic E-state index is 9.54. The van der Waals surface area contributed by atoms with Crippen molar-refractivity contribution in [1.29, 1.82) is 0 Å². The van der Waals surface area contributed by atoms with Crippen LogP contribution in [-0.2, 0) is 0 Å². The van der Waals surface area contributed by atoms with Crippen molar-refractivity contribution in [1.82, 2.24) is 10.7 Å². The van der Waals surface area contributed by atoms with Crippen LogP contribution in [0.3, 0.4) is 0 Å². The fourth-order valence-electron chi connectivity index (χ4n) is 3.56. The van der Waals surface area contributed by atoms with E-state index in [2.05, 4.69) is 15.8 Å². The third-order valence-electron chi connectivity index (χ3n) is 4.64. The predicted molar refractivity (Wildman–Crippen MR) is 90.4 cm³/mol. The van der Waals surface area contributed by atoms with Gasteiger partial charge in [-0.25, -0.2) is 0 Å². The van der Waals surface area contributed by atoms with Gasteiger partial charge in [0.1, 0.15) is 0 Å². The molecule has 2 fully saturated rings. The van der Waals surface area contributed by atoms with E-state index in [0.717, 1.165) is 17.4 Å². The summed E-state index contributed by atoms with van der Waals surface area (Å²) in [7, 11) is 1.52. The van der Waals surface area contributed by atoms with Crippen LogP contribution in [0.15, 0.2) is 23.3 Å². The van der Waals surface area contributed by atoms with Gasteiger partial charge in [0.25, 0.3) is 0 Å². The van der Waals surface area contributed by atoms with E-state index >= 15 is 0 Å². The quantitative estimate of drug-likeness (QED) is 0.452. The highest BCUT2D eigenvalue weighted by Gasteiger charge is 2.39. The van der Waals surface area contributed by atoms with Gasteiger partial charge in [-0.1, -0.05) is 6.42 Å². The first-order chi connectivity index (χ1) is 10.7. The van der Waals surface area contributed by atoms with E-state index in [1.165, 1.54) is 32.8 Å². The fourth-order valence-corrected chi connectivity index (χ4v) is 3.77. The minimum absolute atomic E-state index is 0.112. The second-order valence-electron chi connectivity index (χ2n) is 6.06. The van der Waals surface area contributed by atoms with Gasteiger partial charge in [0.05, 0.1) is 13.3 Å². The molecule has 0 unspecified atom stereocenters. The molecular formula is C16H21N3O2S. The standard InChI is InChI=1S/C16H21N3O2S/c1-21-15-8-11(3-5-14(15)20)9-17-19-16(22)18-13-7-10-2-4-12(13)6-10/h3,5,8-10,12-13,20H,2,4,6-7H2,1H3,(H2,18,19,22)/b17-9+/t10-,12+,13+/m1/s1. The molecule has 0 heterocycles. The average molecular weight is 319 g/mol. The van der Waals surface area contributed by atoms with Gasteiger partial charge < -0.3 is 15.2 Å². The van der Waals surface area contributed by atoms with Crippen LogP contribution in [0.5, 0.6) is 11.5 Å². The summed E-state index contributed by atoms with van der Waals surface area (Å²) in [6.07, 6.45) is 6.92. The lowest BCUT2D eigenvalue weighted by molar-refractivity contribution is 0.373. The second-order valence-corrected chi connectivity index (χ2v) is 6.46. The molecule has 2 bridgehead atoms.